The predicted octanol–water partition coefficient (Wildman–Crippen LogP) is 6.08. The monoisotopic (exact) mass is 523 g/mol. The van der Waals surface area contributed by atoms with E-state index in [1.807, 2.05) is 49.7 Å². The van der Waals surface area contributed by atoms with Crippen molar-refractivity contribution in [2.45, 2.75) is 65.1 Å². The second-order valence-corrected chi connectivity index (χ2v) is 12.4. The molecule has 1 aliphatic rings. The fourth-order valence-corrected chi connectivity index (χ4v) is 6.57. The van der Waals surface area contributed by atoms with E-state index in [2.05, 4.69) is 42.4 Å². The summed E-state index contributed by atoms with van der Waals surface area (Å²) in [5, 5.41) is 22.6. The van der Waals surface area contributed by atoms with Gasteiger partial charge in [-0.2, -0.15) is 5.26 Å². The Balaban J connectivity index is 1.39. The number of carbonyl (C=O) groups is 1. The van der Waals surface area contributed by atoms with Gasteiger partial charge in [-0.3, -0.25) is 4.79 Å². The maximum Gasteiger partial charge on any atom is 0.235 e. The molecule has 0 saturated carbocycles. The minimum absolute atomic E-state index is 0.156. The van der Waals surface area contributed by atoms with Crippen LogP contribution in [-0.2, 0) is 24.7 Å². The van der Waals surface area contributed by atoms with Crippen molar-refractivity contribution in [3.05, 3.63) is 51.7 Å². The van der Waals surface area contributed by atoms with Gasteiger partial charge in [0.05, 0.1) is 11.3 Å². The van der Waals surface area contributed by atoms with Gasteiger partial charge in [0.2, 0.25) is 5.91 Å². The number of aryl methyl sites for hydroxylation is 1. The van der Waals surface area contributed by atoms with E-state index >= 15 is 0 Å². The first-order valence-corrected chi connectivity index (χ1v) is 14.0. The molecular formula is C27H33N5O2S2. The van der Waals surface area contributed by atoms with E-state index in [4.69, 9.17) is 4.74 Å². The molecular weight excluding hydrogens is 490 g/mol. The lowest BCUT2D eigenvalue weighted by molar-refractivity contribution is -0.113. The van der Waals surface area contributed by atoms with Crippen LogP contribution in [0.25, 0.3) is 0 Å². The number of thiophene rings is 1. The van der Waals surface area contributed by atoms with Crippen LogP contribution >= 0.6 is 23.1 Å². The number of amides is 1. The van der Waals surface area contributed by atoms with Gasteiger partial charge in [-0.25, -0.2) is 0 Å². The van der Waals surface area contributed by atoms with Gasteiger partial charge in [0.25, 0.3) is 0 Å². The van der Waals surface area contributed by atoms with Gasteiger partial charge in [-0.05, 0) is 61.6 Å². The number of ether oxygens (including phenoxy) is 1. The molecule has 2 aromatic heterocycles. The molecule has 9 heteroatoms. The summed E-state index contributed by atoms with van der Waals surface area (Å²) in [6.07, 6.45) is 2.64. The number of benzene rings is 1. The van der Waals surface area contributed by atoms with Gasteiger partial charge in [0, 0.05) is 11.9 Å². The number of hydrogen-bond donors (Lipinski definition) is 1. The Labute approximate surface area is 221 Å². The first-order chi connectivity index (χ1) is 17.1. The Kier molecular flexibility index (Phi) is 7.76. The summed E-state index contributed by atoms with van der Waals surface area (Å²) < 4.78 is 7.94. The number of nitrogens with one attached hydrogen (secondary N) is 1. The minimum Gasteiger partial charge on any atom is -0.482 e. The van der Waals surface area contributed by atoms with Crippen molar-refractivity contribution >= 4 is 34.0 Å². The van der Waals surface area contributed by atoms with Crippen molar-refractivity contribution in [2.75, 3.05) is 11.1 Å². The largest absolute Gasteiger partial charge is 0.482 e. The number of thioether (sulfide) groups is 1. The van der Waals surface area contributed by atoms with Crippen molar-refractivity contribution in [3.8, 4) is 11.8 Å². The second-order valence-electron chi connectivity index (χ2n) is 10.4. The highest BCUT2D eigenvalue weighted by molar-refractivity contribution is 7.99. The molecule has 36 heavy (non-hydrogen) atoms. The Hall–Kier alpha value is -2.83. The summed E-state index contributed by atoms with van der Waals surface area (Å²) in [6.45, 7) is 10.8. The number of aromatic nitrogens is 3. The van der Waals surface area contributed by atoms with Gasteiger partial charge >= 0.3 is 0 Å². The molecule has 0 spiro atoms. The zero-order valence-electron chi connectivity index (χ0n) is 21.7. The molecule has 0 fully saturated rings. The van der Waals surface area contributed by atoms with Crippen molar-refractivity contribution < 1.29 is 9.53 Å². The first-order valence-electron chi connectivity index (χ1n) is 12.2. The maximum atomic E-state index is 12.8. The van der Waals surface area contributed by atoms with Crippen molar-refractivity contribution in [2.24, 2.45) is 18.4 Å². The van der Waals surface area contributed by atoms with E-state index in [1.165, 1.54) is 16.6 Å². The third-order valence-corrected chi connectivity index (χ3v) is 9.01. The lowest BCUT2D eigenvalue weighted by Crippen LogP contribution is -2.26. The number of nitriles is 1. The number of hydrogen-bond acceptors (Lipinski definition) is 7. The Morgan fingerprint density at radius 2 is 2.11 bits per heavy atom. The van der Waals surface area contributed by atoms with Crippen molar-refractivity contribution in [1.29, 1.82) is 5.26 Å². The summed E-state index contributed by atoms with van der Waals surface area (Å²) in [4.78, 5) is 14.0. The number of anilines is 1. The molecule has 0 saturated heterocycles. The molecule has 0 aliphatic heterocycles. The minimum atomic E-state index is -0.292. The van der Waals surface area contributed by atoms with E-state index in [0.717, 1.165) is 36.1 Å². The van der Waals surface area contributed by atoms with Crippen molar-refractivity contribution in [1.82, 2.24) is 14.8 Å². The Morgan fingerprint density at radius 1 is 1.36 bits per heavy atom. The molecule has 1 amide bonds. The van der Waals surface area contributed by atoms with Crippen LogP contribution in [0.5, 0.6) is 5.75 Å². The molecule has 1 aromatic carbocycles. The second kappa shape index (κ2) is 10.7. The molecule has 3 aromatic rings. The predicted molar refractivity (Wildman–Crippen MR) is 145 cm³/mol. The van der Waals surface area contributed by atoms with Crippen LogP contribution in [0.2, 0.25) is 0 Å². The normalized spacial score (nSPS) is 16.2. The standard InChI is InChI=1S/C27H33N5O2S2/c1-16-9-7-8-10-21(16)34-17(2)24-30-31-26(32(24)6)35-15-23(33)29-25-20(14-28)19-12-11-18(27(3,4)5)13-22(19)36-25/h7-10,17-18H,11-13,15H2,1-6H3,(H,29,33). The molecule has 2 heterocycles. The fraction of sp³-hybridized carbons (Fsp3) is 0.481. The summed E-state index contributed by atoms with van der Waals surface area (Å²) in [5.74, 6) is 2.10. The highest BCUT2D eigenvalue weighted by Gasteiger charge is 2.32. The van der Waals surface area contributed by atoms with Crippen LogP contribution < -0.4 is 10.1 Å². The quantitative estimate of drug-likeness (QED) is 0.377. The SMILES string of the molecule is Cc1ccccc1OC(C)c1nnc(SCC(=O)Nc2sc3c(c2C#N)CCC(C(C)(C)C)C3)n1C. The van der Waals surface area contributed by atoms with E-state index in [1.54, 1.807) is 11.3 Å². The summed E-state index contributed by atoms with van der Waals surface area (Å²) in [7, 11) is 1.88. The molecule has 0 bridgehead atoms. The molecule has 190 valence electrons. The molecule has 2 atom stereocenters. The smallest absolute Gasteiger partial charge is 0.235 e. The third-order valence-electron chi connectivity index (χ3n) is 6.82. The average Bonchev–Trinajstić information content (AvgIpc) is 3.37. The maximum absolute atomic E-state index is 12.8. The van der Waals surface area contributed by atoms with E-state index < -0.39 is 0 Å². The lowest BCUT2D eigenvalue weighted by Gasteiger charge is -2.33. The first kappa shape index (κ1) is 26.2. The molecule has 2 unspecified atom stereocenters. The highest BCUT2D eigenvalue weighted by Crippen LogP contribution is 2.44. The Bertz CT molecular complexity index is 1300. The van der Waals surface area contributed by atoms with Crippen molar-refractivity contribution in [3.63, 3.8) is 0 Å². The fourth-order valence-electron chi connectivity index (χ4n) is 4.56. The van der Waals surface area contributed by atoms with Crippen LogP contribution in [0.15, 0.2) is 29.4 Å². The average molecular weight is 524 g/mol. The Morgan fingerprint density at radius 3 is 2.81 bits per heavy atom. The van der Waals surface area contributed by atoms with Gasteiger partial charge in [0.15, 0.2) is 17.1 Å². The van der Waals surface area contributed by atoms with E-state index in [9.17, 15) is 10.1 Å². The number of carbonyl (C=O) groups excluding carboxylic acids is 1. The van der Waals surface area contributed by atoms with Gasteiger partial charge in [-0.1, -0.05) is 50.7 Å². The summed E-state index contributed by atoms with van der Waals surface area (Å²) in [5.41, 5.74) is 3.03. The van der Waals surface area contributed by atoms with Gasteiger partial charge in [-0.15, -0.1) is 21.5 Å². The summed E-state index contributed by atoms with van der Waals surface area (Å²) in [6, 6.07) is 10.2. The summed E-state index contributed by atoms with van der Waals surface area (Å²) >= 11 is 2.87. The number of rotatable bonds is 7. The molecule has 0 radical (unpaired) electrons. The molecule has 7 nitrogen and oxygen atoms in total. The zero-order chi connectivity index (χ0) is 26.0. The van der Waals surface area contributed by atoms with Crippen LogP contribution in [0.3, 0.4) is 0 Å². The van der Waals surface area contributed by atoms with Crippen LogP contribution in [0.4, 0.5) is 5.00 Å². The number of nitrogens with zero attached hydrogens (tertiary/aromatic N) is 4. The highest BCUT2D eigenvalue weighted by atomic mass is 32.2. The third kappa shape index (κ3) is 5.60. The van der Waals surface area contributed by atoms with E-state index in [-0.39, 0.29) is 23.2 Å². The van der Waals surface area contributed by atoms with Gasteiger partial charge < -0.3 is 14.6 Å². The molecule has 1 N–H and O–H groups in total. The molecule has 1 aliphatic carbocycles. The zero-order valence-corrected chi connectivity index (χ0v) is 23.3. The van der Waals surface area contributed by atoms with Crippen LogP contribution in [0.1, 0.15) is 67.6 Å². The topological polar surface area (TPSA) is 92.8 Å². The lowest BCUT2D eigenvalue weighted by atomic mass is 9.72. The van der Waals surface area contributed by atoms with Gasteiger partial charge in [0.1, 0.15) is 16.8 Å². The number of para-hydroxylation sites is 1. The molecule has 4 rings (SSSR count). The van der Waals surface area contributed by atoms with E-state index in [0.29, 0.717) is 27.5 Å². The van der Waals surface area contributed by atoms with Crippen LogP contribution in [0, 0.1) is 29.6 Å². The van der Waals surface area contributed by atoms with Crippen LogP contribution in [-0.4, -0.2) is 26.4 Å². The number of fused-ring (bicyclic) bond motifs is 1.